The third kappa shape index (κ3) is 3.49. The summed E-state index contributed by atoms with van der Waals surface area (Å²) in [6.45, 7) is 10.6. The van der Waals surface area contributed by atoms with Gasteiger partial charge in [-0.1, -0.05) is 42.0 Å². The summed E-state index contributed by atoms with van der Waals surface area (Å²) in [5.74, 6) is 0. The quantitative estimate of drug-likeness (QED) is 0.546. The van der Waals surface area contributed by atoms with Gasteiger partial charge in [0.25, 0.3) is 0 Å². The average molecular weight is 446 g/mol. The molecule has 1 spiro atoms. The Labute approximate surface area is 197 Å². The molecule has 0 aromatic heterocycles. The van der Waals surface area contributed by atoms with Crippen molar-refractivity contribution in [3.05, 3.63) is 70.8 Å². The van der Waals surface area contributed by atoms with Crippen molar-refractivity contribution < 1.29 is 9.53 Å². The van der Waals surface area contributed by atoms with Crippen LogP contribution in [0.25, 0.3) is 0 Å². The molecule has 5 nitrogen and oxygen atoms in total. The number of carbonyl (C=O) groups is 1. The van der Waals surface area contributed by atoms with Crippen LogP contribution >= 0.6 is 0 Å². The van der Waals surface area contributed by atoms with E-state index in [0.717, 1.165) is 12.8 Å². The van der Waals surface area contributed by atoms with E-state index in [4.69, 9.17) is 4.74 Å². The van der Waals surface area contributed by atoms with E-state index in [0.29, 0.717) is 6.54 Å². The highest BCUT2D eigenvalue weighted by atomic mass is 16.6. The van der Waals surface area contributed by atoms with Crippen molar-refractivity contribution in [2.45, 2.75) is 70.7 Å². The molecule has 0 fully saturated rings. The van der Waals surface area contributed by atoms with Gasteiger partial charge in [-0.25, -0.2) is 4.79 Å². The van der Waals surface area contributed by atoms with Crippen molar-refractivity contribution in [3.8, 4) is 0 Å². The van der Waals surface area contributed by atoms with Crippen LogP contribution in [-0.4, -0.2) is 36.4 Å². The molecule has 0 saturated carbocycles. The monoisotopic (exact) mass is 445 g/mol. The topological polar surface area (TPSA) is 44.8 Å². The van der Waals surface area contributed by atoms with Gasteiger partial charge in [0.1, 0.15) is 11.8 Å². The van der Waals surface area contributed by atoms with E-state index in [1.807, 2.05) is 25.7 Å². The number of para-hydroxylation sites is 1. The Morgan fingerprint density at radius 1 is 1.15 bits per heavy atom. The average Bonchev–Trinajstić information content (AvgIpc) is 2.89. The molecule has 0 radical (unpaired) electrons. The fraction of sp³-hybridized carbons (Fsp3) is 0.464. The summed E-state index contributed by atoms with van der Waals surface area (Å²) >= 11 is 0. The zero-order valence-corrected chi connectivity index (χ0v) is 20.6. The Balaban J connectivity index is 1.69. The van der Waals surface area contributed by atoms with Crippen LogP contribution < -0.4 is 10.2 Å². The maximum Gasteiger partial charge on any atom is 0.411 e. The second kappa shape index (κ2) is 7.54. The van der Waals surface area contributed by atoms with Crippen LogP contribution in [0.15, 0.2) is 54.1 Å². The minimum atomic E-state index is -0.535. The van der Waals surface area contributed by atoms with Crippen molar-refractivity contribution in [3.63, 3.8) is 0 Å². The van der Waals surface area contributed by atoms with E-state index in [9.17, 15) is 4.79 Å². The van der Waals surface area contributed by atoms with Crippen molar-refractivity contribution >= 4 is 17.5 Å². The lowest BCUT2D eigenvalue weighted by Gasteiger charge is -2.43. The van der Waals surface area contributed by atoms with Crippen LogP contribution in [0.5, 0.6) is 0 Å². The maximum atomic E-state index is 13.4. The van der Waals surface area contributed by atoms with Crippen LogP contribution in [0.3, 0.4) is 0 Å². The second-order valence-corrected chi connectivity index (χ2v) is 11.0. The zero-order valence-electron chi connectivity index (χ0n) is 20.6. The maximum absolute atomic E-state index is 13.4. The van der Waals surface area contributed by atoms with Crippen LogP contribution in [0.2, 0.25) is 0 Å². The number of ether oxygens (including phenoxy) is 1. The fourth-order valence-corrected chi connectivity index (χ4v) is 6.01. The smallest absolute Gasteiger partial charge is 0.411 e. The molecule has 2 aromatic carbocycles. The van der Waals surface area contributed by atoms with Crippen molar-refractivity contribution in [2.75, 3.05) is 23.8 Å². The van der Waals surface area contributed by atoms with Gasteiger partial charge in [-0.3, -0.25) is 4.90 Å². The summed E-state index contributed by atoms with van der Waals surface area (Å²) in [4.78, 5) is 17.8. The van der Waals surface area contributed by atoms with E-state index in [1.54, 1.807) is 0 Å². The first-order chi connectivity index (χ1) is 15.6. The van der Waals surface area contributed by atoms with Gasteiger partial charge < -0.3 is 15.0 Å². The minimum absolute atomic E-state index is 0.112. The molecule has 0 bridgehead atoms. The number of likely N-dealkylation sites (N-methyl/N-ethyl adjacent to an activating group) is 1. The first-order valence-electron chi connectivity index (χ1n) is 12.0. The summed E-state index contributed by atoms with van der Waals surface area (Å²) in [7, 11) is 2.19. The molecule has 3 aliphatic heterocycles. The standard InChI is InChI=1S/C28H35N3O2/c1-18(2)16-23-20-11-9-13-22-24(20)28(14-15-31(23)26(32)33-27(3,4)5)17-19-10-7-8-12-21(19)29-25(28)30(22)6/h7-13,16,23,25,29H,14-15,17H2,1-6H3/t23-,25-,28+/m1/s1. The highest BCUT2D eigenvalue weighted by molar-refractivity contribution is 5.75. The molecular weight excluding hydrogens is 410 g/mol. The molecule has 2 aromatic rings. The van der Waals surface area contributed by atoms with E-state index >= 15 is 0 Å². The van der Waals surface area contributed by atoms with Crippen LogP contribution in [-0.2, 0) is 16.6 Å². The van der Waals surface area contributed by atoms with Crippen molar-refractivity contribution in [1.82, 2.24) is 4.90 Å². The number of nitrogens with zero attached hydrogens (tertiary/aromatic N) is 2. The predicted octanol–water partition coefficient (Wildman–Crippen LogP) is 6.02. The van der Waals surface area contributed by atoms with Gasteiger partial charge in [0, 0.05) is 30.4 Å². The number of rotatable bonds is 1. The van der Waals surface area contributed by atoms with Gasteiger partial charge in [-0.05, 0) is 76.3 Å². The summed E-state index contributed by atoms with van der Waals surface area (Å²) in [6, 6.07) is 15.1. The normalized spacial score (nSPS) is 25.3. The first-order valence-corrected chi connectivity index (χ1v) is 12.0. The Morgan fingerprint density at radius 3 is 2.64 bits per heavy atom. The molecule has 1 N–H and O–H groups in total. The minimum Gasteiger partial charge on any atom is -0.444 e. The molecule has 174 valence electrons. The lowest BCUT2D eigenvalue weighted by molar-refractivity contribution is 0.0191. The largest absolute Gasteiger partial charge is 0.444 e. The van der Waals surface area contributed by atoms with Crippen molar-refractivity contribution in [2.24, 2.45) is 0 Å². The van der Waals surface area contributed by atoms with Crippen LogP contribution in [0.4, 0.5) is 16.2 Å². The molecule has 3 aliphatic rings. The van der Waals surface area contributed by atoms with E-state index in [2.05, 4.69) is 79.7 Å². The number of nitrogens with one attached hydrogen (secondary N) is 1. The highest BCUT2D eigenvalue weighted by Crippen LogP contribution is 2.56. The van der Waals surface area contributed by atoms with Gasteiger partial charge in [0.15, 0.2) is 0 Å². The summed E-state index contributed by atoms with van der Waals surface area (Å²) in [5.41, 5.74) is 6.96. The molecule has 1 amide bonds. The lowest BCUT2D eigenvalue weighted by Crippen LogP contribution is -2.53. The van der Waals surface area contributed by atoms with Gasteiger partial charge in [-0.15, -0.1) is 0 Å². The Morgan fingerprint density at radius 2 is 1.91 bits per heavy atom. The number of anilines is 2. The van der Waals surface area contributed by atoms with E-state index in [1.165, 1.54) is 33.6 Å². The molecular formula is C28H35N3O2. The number of fused-ring (bicyclic) bond motifs is 1. The first kappa shape index (κ1) is 21.9. The molecule has 3 atom stereocenters. The van der Waals surface area contributed by atoms with Crippen LogP contribution in [0.1, 0.15) is 63.8 Å². The Kier molecular flexibility index (Phi) is 5.00. The number of benzene rings is 2. The number of carbonyl (C=O) groups excluding carboxylic acids is 1. The predicted molar refractivity (Wildman–Crippen MR) is 134 cm³/mol. The Bertz CT molecular complexity index is 1130. The van der Waals surface area contributed by atoms with Gasteiger partial charge in [0.05, 0.1) is 6.04 Å². The second-order valence-electron chi connectivity index (χ2n) is 11.0. The van der Waals surface area contributed by atoms with Crippen LogP contribution in [0, 0.1) is 0 Å². The Hall–Kier alpha value is -2.95. The molecule has 0 unspecified atom stereocenters. The van der Waals surface area contributed by atoms with Crippen molar-refractivity contribution in [1.29, 1.82) is 0 Å². The highest BCUT2D eigenvalue weighted by Gasteiger charge is 2.55. The molecule has 0 aliphatic carbocycles. The lowest BCUT2D eigenvalue weighted by atomic mass is 9.69. The van der Waals surface area contributed by atoms with E-state index in [-0.39, 0.29) is 23.7 Å². The molecule has 5 rings (SSSR count). The van der Waals surface area contributed by atoms with Gasteiger partial charge >= 0.3 is 6.09 Å². The number of amides is 1. The van der Waals surface area contributed by atoms with Gasteiger partial charge in [0.2, 0.25) is 0 Å². The fourth-order valence-electron chi connectivity index (χ4n) is 6.01. The number of hydrogen-bond acceptors (Lipinski definition) is 4. The van der Waals surface area contributed by atoms with Gasteiger partial charge in [-0.2, -0.15) is 0 Å². The molecule has 33 heavy (non-hydrogen) atoms. The zero-order chi connectivity index (χ0) is 23.5. The molecule has 0 saturated heterocycles. The summed E-state index contributed by atoms with van der Waals surface area (Å²) in [6.07, 6.45) is 3.96. The number of allylic oxidation sites excluding steroid dienone is 1. The third-order valence-corrected chi connectivity index (χ3v) is 7.25. The number of hydrogen-bond donors (Lipinski definition) is 1. The SMILES string of the molecule is CC(C)=C[C@@H]1c2cccc3c2[C@]2(CCN1C(=O)OC(C)(C)C)Cc1ccccc1N[C@@H]2N3C. The summed E-state index contributed by atoms with van der Waals surface area (Å²) < 4.78 is 5.89. The summed E-state index contributed by atoms with van der Waals surface area (Å²) in [5, 5.41) is 3.85. The van der Waals surface area contributed by atoms with E-state index < -0.39 is 5.60 Å². The molecule has 3 heterocycles. The molecule has 5 heteroatoms. The third-order valence-electron chi connectivity index (χ3n) is 7.25.